The first kappa shape index (κ1) is 9.78. The van der Waals surface area contributed by atoms with Gasteiger partial charge in [0, 0.05) is 18.0 Å². The van der Waals surface area contributed by atoms with Gasteiger partial charge in [0.1, 0.15) is 5.65 Å². The summed E-state index contributed by atoms with van der Waals surface area (Å²) in [6.07, 6.45) is 3.45. The molecule has 0 spiro atoms. The van der Waals surface area contributed by atoms with Gasteiger partial charge in [-0.2, -0.15) is 0 Å². The van der Waals surface area contributed by atoms with E-state index in [1.807, 2.05) is 18.2 Å². The summed E-state index contributed by atoms with van der Waals surface area (Å²) in [6.45, 7) is 0. The fourth-order valence-corrected chi connectivity index (χ4v) is 1.80. The van der Waals surface area contributed by atoms with Crippen LogP contribution in [0.15, 0.2) is 54.9 Å². The number of imidazole rings is 1. The molecular weight excluding hydrogens is 212 g/mol. The quantitative estimate of drug-likeness (QED) is 0.622. The van der Waals surface area contributed by atoms with Crippen LogP contribution < -0.4 is 0 Å². The second kappa shape index (κ2) is 3.87. The van der Waals surface area contributed by atoms with Gasteiger partial charge in [0.2, 0.25) is 5.78 Å². The number of hydrogen-bond donors (Lipinski definition) is 0. The van der Waals surface area contributed by atoms with Crippen LogP contribution in [-0.2, 0) is 0 Å². The fraction of sp³-hybridized carbons (Fsp3) is 0. The lowest BCUT2D eigenvalue weighted by atomic mass is 10.1. The number of aromatic nitrogens is 2. The molecule has 0 saturated heterocycles. The third-order valence-electron chi connectivity index (χ3n) is 2.63. The van der Waals surface area contributed by atoms with Gasteiger partial charge >= 0.3 is 0 Å². The Labute approximate surface area is 98.4 Å². The van der Waals surface area contributed by atoms with Gasteiger partial charge < -0.3 is 0 Å². The third kappa shape index (κ3) is 1.61. The maximum absolute atomic E-state index is 12.3. The molecule has 0 aliphatic heterocycles. The first-order valence-corrected chi connectivity index (χ1v) is 5.29. The number of benzene rings is 1. The van der Waals surface area contributed by atoms with Gasteiger partial charge in [-0.3, -0.25) is 9.20 Å². The Kier molecular flexibility index (Phi) is 2.22. The number of fused-ring (bicyclic) bond motifs is 1. The number of carbonyl (C=O) groups is 1. The number of carbonyl (C=O) groups excluding carboxylic acids is 1. The Balaban J connectivity index is 2.16. The normalized spacial score (nSPS) is 10.6. The fourth-order valence-electron chi connectivity index (χ4n) is 1.80. The predicted octanol–water partition coefficient (Wildman–Crippen LogP) is 2.37. The molecule has 0 amide bonds. The summed E-state index contributed by atoms with van der Waals surface area (Å²) < 4.78 is 1.77. The van der Waals surface area contributed by atoms with Crippen LogP contribution in [-0.4, -0.2) is 15.2 Å². The van der Waals surface area contributed by atoms with E-state index in [9.17, 15) is 4.79 Å². The summed E-state index contributed by atoms with van der Waals surface area (Å²) >= 11 is 0. The van der Waals surface area contributed by atoms with E-state index < -0.39 is 0 Å². The summed E-state index contributed by atoms with van der Waals surface area (Å²) in [4.78, 5) is 16.4. The highest BCUT2D eigenvalue weighted by Gasteiger charge is 2.11. The number of pyridine rings is 1. The molecule has 0 N–H and O–H groups in total. The molecule has 0 saturated carbocycles. The number of nitrogens with zero attached hydrogens (tertiary/aromatic N) is 2. The first-order valence-electron chi connectivity index (χ1n) is 5.29. The second-order valence-electron chi connectivity index (χ2n) is 3.69. The average Bonchev–Trinajstić information content (AvgIpc) is 2.87. The van der Waals surface area contributed by atoms with Gasteiger partial charge in [-0.25, -0.2) is 4.98 Å². The van der Waals surface area contributed by atoms with Crippen LogP contribution in [0.2, 0.25) is 0 Å². The molecule has 1 aromatic carbocycles. The molecule has 2 heterocycles. The summed E-state index contributed by atoms with van der Waals surface area (Å²) in [6, 6.07) is 15.6. The van der Waals surface area contributed by atoms with E-state index in [2.05, 4.69) is 11.1 Å². The first-order chi connectivity index (χ1) is 8.36. The van der Waals surface area contributed by atoms with Crippen LogP contribution in [0.1, 0.15) is 16.1 Å². The molecule has 81 valence electrons. The SMILES string of the molecule is O=C(c1ccccc1)c1c[c]cc2nccn12. The third-order valence-corrected chi connectivity index (χ3v) is 2.63. The Bertz CT molecular complexity index is 671. The lowest BCUT2D eigenvalue weighted by molar-refractivity contribution is 0.103. The average molecular weight is 221 g/mol. The van der Waals surface area contributed by atoms with Gasteiger partial charge in [0.25, 0.3) is 0 Å². The molecule has 0 fully saturated rings. The maximum atomic E-state index is 12.3. The van der Waals surface area contributed by atoms with Gasteiger partial charge in [0.15, 0.2) is 0 Å². The van der Waals surface area contributed by atoms with Crippen molar-refractivity contribution in [2.45, 2.75) is 0 Å². The van der Waals surface area contributed by atoms with Crippen LogP contribution in [0.5, 0.6) is 0 Å². The van der Waals surface area contributed by atoms with Crippen molar-refractivity contribution in [3.63, 3.8) is 0 Å². The zero-order valence-corrected chi connectivity index (χ0v) is 9.00. The van der Waals surface area contributed by atoms with Crippen LogP contribution in [0.25, 0.3) is 5.65 Å². The smallest absolute Gasteiger partial charge is 0.209 e. The molecule has 0 bridgehead atoms. The van der Waals surface area contributed by atoms with Crippen molar-refractivity contribution < 1.29 is 4.79 Å². The molecule has 3 nitrogen and oxygen atoms in total. The molecule has 17 heavy (non-hydrogen) atoms. The van der Waals surface area contributed by atoms with E-state index in [-0.39, 0.29) is 5.78 Å². The van der Waals surface area contributed by atoms with Crippen LogP contribution in [0, 0.1) is 6.07 Å². The molecule has 3 rings (SSSR count). The predicted molar refractivity (Wildman–Crippen MR) is 63.9 cm³/mol. The summed E-state index contributed by atoms with van der Waals surface area (Å²) in [5.41, 5.74) is 1.97. The number of hydrogen-bond acceptors (Lipinski definition) is 2. The van der Waals surface area contributed by atoms with E-state index in [0.717, 1.165) is 5.65 Å². The molecule has 1 radical (unpaired) electrons. The van der Waals surface area contributed by atoms with Crippen molar-refractivity contribution in [2.75, 3.05) is 0 Å². The Morgan fingerprint density at radius 1 is 1.18 bits per heavy atom. The molecule has 3 aromatic rings. The number of rotatable bonds is 2. The standard InChI is InChI=1S/C14H9N2O/c17-14(11-5-2-1-3-6-11)12-7-4-8-13-15-9-10-16(12)13/h1-3,5-10H. The molecule has 0 aliphatic rings. The van der Waals surface area contributed by atoms with Crippen LogP contribution >= 0.6 is 0 Å². The van der Waals surface area contributed by atoms with Crippen molar-refractivity contribution >= 4 is 11.4 Å². The lowest BCUT2D eigenvalue weighted by Gasteiger charge is -2.03. The van der Waals surface area contributed by atoms with Gasteiger partial charge in [-0.15, -0.1) is 0 Å². The minimum absolute atomic E-state index is 0.0227. The summed E-state index contributed by atoms with van der Waals surface area (Å²) in [7, 11) is 0. The second-order valence-corrected chi connectivity index (χ2v) is 3.69. The van der Waals surface area contributed by atoms with Crippen LogP contribution in [0.4, 0.5) is 0 Å². The van der Waals surface area contributed by atoms with E-state index >= 15 is 0 Å². The highest BCUT2D eigenvalue weighted by atomic mass is 16.1. The largest absolute Gasteiger partial charge is 0.296 e. The van der Waals surface area contributed by atoms with Crippen molar-refractivity contribution in [1.29, 1.82) is 0 Å². The monoisotopic (exact) mass is 221 g/mol. The molecule has 0 aliphatic carbocycles. The lowest BCUT2D eigenvalue weighted by Crippen LogP contribution is -2.06. The van der Waals surface area contributed by atoms with Gasteiger partial charge in [-0.05, 0) is 18.2 Å². The molecular formula is C14H9N2O. The molecule has 3 heteroatoms. The highest BCUT2D eigenvalue weighted by Crippen LogP contribution is 2.11. The number of ketones is 1. The maximum Gasteiger partial charge on any atom is 0.209 e. The minimum Gasteiger partial charge on any atom is -0.296 e. The van der Waals surface area contributed by atoms with Crippen molar-refractivity contribution in [2.24, 2.45) is 0 Å². The van der Waals surface area contributed by atoms with Crippen molar-refractivity contribution in [3.8, 4) is 0 Å². The molecule has 0 atom stereocenters. The molecule has 2 aromatic heterocycles. The highest BCUT2D eigenvalue weighted by molar-refractivity contribution is 6.08. The Morgan fingerprint density at radius 2 is 2.00 bits per heavy atom. The van der Waals surface area contributed by atoms with Crippen molar-refractivity contribution in [1.82, 2.24) is 9.38 Å². The zero-order valence-electron chi connectivity index (χ0n) is 9.00. The van der Waals surface area contributed by atoms with Crippen LogP contribution in [0.3, 0.4) is 0 Å². The van der Waals surface area contributed by atoms with E-state index in [4.69, 9.17) is 0 Å². The van der Waals surface area contributed by atoms with E-state index in [0.29, 0.717) is 11.3 Å². The topological polar surface area (TPSA) is 34.4 Å². The minimum atomic E-state index is -0.0227. The summed E-state index contributed by atoms with van der Waals surface area (Å²) in [5.74, 6) is -0.0227. The Hall–Kier alpha value is -2.42. The zero-order chi connectivity index (χ0) is 11.7. The van der Waals surface area contributed by atoms with E-state index in [1.54, 1.807) is 41.1 Å². The van der Waals surface area contributed by atoms with Crippen molar-refractivity contribution in [3.05, 3.63) is 72.2 Å². The van der Waals surface area contributed by atoms with Gasteiger partial charge in [-0.1, -0.05) is 30.3 Å². The molecule has 0 unspecified atom stereocenters. The van der Waals surface area contributed by atoms with E-state index in [1.165, 1.54) is 0 Å². The summed E-state index contributed by atoms with van der Waals surface area (Å²) in [5, 5.41) is 0. The Morgan fingerprint density at radius 3 is 2.82 bits per heavy atom. The van der Waals surface area contributed by atoms with Gasteiger partial charge in [0.05, 0.1) is 5.69 Å².